The summed E-state index contributed by atoms with van der Waals surface area (Å²) in [4.78, 5) is 28.5. The summed E-state index contributed by atoms with van der Waals surface area (Å²) in [6.07, 6.45) is 2.16. The molecule has 1 aromatic carbocycles. The molecule has 2 amide bonds. The van der Waals surface area contributed by atoms with Gasteiger partial charge >= 0.3 is 0 Å². The van der Waals surface area contributed by atoms with Gasteiger partial charge < -0.3 is 15.0 Å². The Balaban J connectivity index is 1.67. The van der Waals surface area contributed by atoms with Crippen LogP contribution in [0.15, 0.2) is 18.2 Å². The van der Waals surface area contributed by atoms with E-state index in [-0.39, 0.29) is 11.8 Å². The maximum atomic E-state index is 12.5. The second-order valence-electron chi connectivity index (χ2n) is 7.28. The second kappa shape index (κ2) is 11.0. The van der Waals surface area contributed by atoms with Crippen LogP contribution in [0.3, 0.4) is 0 Å². The first-order chi connectivity index (χ1) is 13.0. The number of amides is 2. The van der Waals surface area contributed by atoms with Crippen LogP contribution in [0.4, 0.5) is 0 Å². The molecule has 0 spiro atoms. The number of rotatable bonds is 9. The van der Waals surface area contributed by atoms with Gasteiger partial charge in [-0.25, -0.2) is 0 Å². The van der Waals surface area contributed by atoms with Crippen LogP contribution >= 0.6 is 0 Å². The predicted molar refractivity (Wildman–Crippen MR) is 107 cm³/mol. The van der Waals surface area contributed by atoms with Gasteiger partial charge in [0.25, 0.3) is 0 Å². The number of benzene rings is 1. The van der Waals surface area contributed by atoms with Crippen LogP contribution in [-0.2, 0) is 20.7 Å². The number of hydrogen-bond donors (Lipinski definition) is 1. The molecule has 0 radical (unpaired) electrons. The van der Waals surface area contributed by atoms with Gasteiger partial charge in [0.15, 0.2) is 0 Å². The van der Waals surface area contributed by atoms with Gasteiger partial charge in [0, 0.05) is 52.9 Å². The van der Waals surface area contributed by atoms with Gasteiger partial charge in [0.2, 0.25) is 11.8 Å². The van der Waals surface area contributed by atoms with Gasteiger partial charge in [-0.2, -0.15) is 0 Å². The third-order valence-corrected chi connectivity index (χ3v) is 5.05. The molecule has 0 saturated carbocycles. The number of carbonyl (C=O) groups is 2. The largest absolute Gasteiger partial charge is 0.385 e. The number of nitrogens with one attached hydrogen (secondary N) is 1. The Morgan fingerprint density at radius 2 is 1.89 bits per heavy atom. The smallest absolute Gasteiger partial charge is 0.234 e. The Hall–Kier alpha value is -1.92. The molecule has 1 saturated heterocycles. The number of aryl methyl sites for hydroxylation is 3. The third kappa shape index (κ3) is 7.31. The summed E-state index contributed by atoms with van der Waals surface area (Å²) in [7, 11) is 1.66. The van der Waals surface area contributed by atoms with Gasteiger partial charge in [-0.1, -0.05) is 23.8 Å². The van der Waals surface area contributed by atoms with Crippen molar-refractivity contribution in [2.24, 2.45) is 0 Å². The molecule has 0 aromatic heterocycles. The fourth-order valence-electron chi connectivity index (χ4n) is 3.38. The highest BCUT2D eigenvalue weighted by atomic mass is 16.5. The maximum Gasteiger partial charge on any atom is 0.234 e. The van der Waals surface area contributed by atoms with Gasteiger partial charge in [-0.3, -0.25) is 14.5 Å². The van der Waals surface area contributed by atoms with E-state index in [4.69, 9.17) is 4.74 Å². The van der Waals surface area contributed by atoms with Crippen LogP contribution in [-0.4, -0.2) is 74.6 Å². The molecular formula is C21H33N3O3. The van der Waals surface area contributed by atoms with E-state index < -0.39 is 0 Å². The molecule has 27 heavy (non-hydrogen) atoms. The quantitative estimate of drug-likeness (QED) is 0.665. The minimum atomic E-state index is 0.0423. The molecule has 0 bridgehead atoms. The van der Waals surface area contributed by atoms with Crippen molar-refractivity contribution in [2.45, 2.75) is 33.1 Å². The van der Waals surface area contributed by atoms with E-state index in [0.29, 0.717) is 39.2 Å². The predicted octanol–water partition coefficient (Wildman–Crippen LogP) is 1.53. The molecule has 0 atom stereocenters. The minimum Gasteiger partial charge on any atom is -0.385 e. The van der Waals surface area contributed by atoms with Crippen LogP contribution in [0.25, 0.3) is 0 Å². The van der Waals surface area contributed by atoms with Crippen LogP contribution in [0.2, 0.25) is 0 Å². The number of nitrogens with zero attached hydrogens (tertiary/aromatic N) is 2. The van der Waals surface area contributed by atoms with E-state index in [1.54, 1.807) is 7.11 Å². The van der Waals surface area contributed by atoms with Crippen LogP contribution in [0, 0.1) is 13.8 Å². The number of piperazine rings is 1. The molecule has 0 unspecified atom stereocenters. The van der Waals surface area contributed by atoms with Crippen molar-refractivity contribution in [2.75, 3.05) is 53.0 Å². The molecule has 2 rings (SSSR count). The number of carbonyl (C=O) groups excluding carboxylic acids is 2. The van der Waals surface area contributed by atoms with Crippen molar-refractivity contribution >= 4 is 11.8 Å². The third-order valence-electron chi connectivity index (χ3n) is 5.05. The second-order valence-corrected chi connectivity index (χ2v) is 7.28. The molecule has 0 aliphatic carbocycles. The number of methoxy groups -OCH3 is 1. The monoisotopic (exact) mass is 375 g/mol. The molecule has 1 fully saturated rings. The first-order valence-corrected chi connectivity index (χ1v) is 9.81. The van der Waals surface area contributed by atoms with Crippen molar-refractivity contribution in [3.63, 3.8) is 0 Å². The molecule has 150 valence electrons. The zero-order valence-corrected chi connectivity index (χ0v) is 16.9. The molecule has 1 N–H and O–H groups in total. The molecule has 1 aliphatic rings. The first-order valence-electron chi connectivity index (χ1n) is 9.81. The lowest BCUT2D eigenvalue weighted by Gasteiger charge is -2.34. The maximum absolute atomic E-state index is 12.5. The highest BCUT2D eigenvalue weighted by Crippen LogP contribution is 2.14. The normalized spacial score (nSPS) is 15.0. The lowest BCUT2D eigenvalue weighted by molar-refractivity contribution is -0.133. The Morgan fingerprint density at radius 1 is 1.15 bits per heavy atom. The van der Waals surface area contributed by atoms with Crippen molar-refractivity contribution in [3.8, 4) is 0 Å². The van der Waals surface area contributed by atoms with Gasteiger partial charge in [0.05, 0.1) is 6.54 Å². The summed E-state index contributed by atoms with van der Waals surface area (Å²) < 4.78 is 4.97. The van der Waals surface area contributed by atoms with Crippen LogP contribution in [0.1, 0.15) is 29.5 Å². The topological polar surface area (TPSA) is 61.9 Å². The van der Waals surface area contributed by atoms with Crippen molar-refractivity contribution in [1.29, 1.82) is 0 Å². The minimum absolute atomic E-state index is 0.0423. The van der Waals surface area contributed by atoms with Gasteiger partial charge in [0.1, 0.15) is 0 Å². The van der Waals surface area contributed by atoms with Crippen molar-refractivity contribution in [1.82, 2.24) is 15.1 Å². The highest BCUT2D eigenvalue weighted by molar-refractivity contribution is 5.78. The Kier molecular flexibility index (Phi) is 8.75. The highest BCUT2D eigenvalue weighted by Gasteiger charge is 2.22. The van der Waals surface area contributed by atoms with E-state index >= 15 is 0 Å². The summed E-state index contributed by atoms with van der Waals surface area (Å²) in [6.45, 7) is 8.78. The Morgan fingerprint density at radius 3 is 2.56 bits per heavy atom. The summed E-state index contributed by atoms with van der Waals surface area (Å²) in [5.41, 5.74) is 3.75. The SMILES string of the molecule is COCCCNC(=O)CN1CCN(C(=O)CCc2ccc(C)cc2C)CC1. The van der Waals surface area contributed by atoms with E-state index in [9.17, 15) is 9.59 Å². The average molecular weight is 376 g/mol. The molecule has 1 aliphatic heterocycles. The Labute approximate surface area is 162 Å². The zero-order valence-electron chi connectivity index (χ0n) is 16.9. The van der Waals surface area contributed by atoms with E-state index in [2.05, 4.69) is 42.3 Å². The summed E-state index contributed by atoms with van der Waals surface area (Å²) in [6, 6.07) is 6.39. The van der Waals surface area contributed by atoms with Crippen LogP contribution < -0.4 is 5.32 Å². The van der Waals surface area contributed by atoms with E-state index in [1.165, 1.54) is 16.7 Å². The fraction of sp³-hybridized carbons (Fsp3) is 0.619. The standard InChI is InChI=1S/C21H33N3O3/c1-17-5-6-19(18(2)15-17)7-8-21(26)24-12-10-23(11-13-24)16-20(25)22-9-4-14-27-3/h5-6,15H,4,7-14,16H2,1-3H3,(H,22,25). The van der Waals surface area contributed by atoms with Gasteiger partial charge in [-0.05, 0) is 37.8 Å². The fourth-order valence-corrected chi connectivity index (χ4v) is 3.38. The Bertz CT molecular complexity index is 625. The average Bonchev–Trinajstić information content (AvgIpc) is 2.65. The summed E-state index contributed by atoms with van der Waals surface area (Å²) in [5, 5.41) is 2.91. The van der Waals surface area contributed by atoms with Crippen molar-refractivity contribution in [3.05, 3.63) is 34.9 Å². The first kappa shape index (κ1) is 21.4. The summed E-state index contributed by atoms with van der Waals surface area (Å²) >= 11 is 0. The zero-order chi connectivity index (χ0) is 19.6. The number of ether oxygens (including phenoxy) is 1. The van der Waals surface area contributed by atoms with Crippen LogP contribution in [0.5, 0.6) is 0 Å². The summed E-state index contributed by atoms with van der Waals surface area (Å²) in [5.74, 6) is 0.249. The lowest BCUT2D eigenvalue weighted by Crippen LogP contribution is -2.51. The molecule has 6 heteroatoms. The lowest BCUT2D eigenvalue weighted by atomic mass is 10.0. The molecule has 1 heterocycles. The van der Waals surface area contributed by atoms with Crippen molar-refractivity contribution < 1.29 is 14.3 Å². The van der Waals surface area contributed by atoms with E-state index in [1.807, 2.05) is 4.90 Å². The molecule has 1 aromatic rings. The molecular weight excluding hydrogens is 342 g/mol. The van der Waals surface area contributed by atoms with Gasteiger partial charge in [-0.15, -0.1) is 0 Å². The van der Waals surface area contributed by atoms with E-state index in [0.717, 1.165) is 25.9 Å². The molecule has 6 nitrogen and oxygen atoms in total. The number of hydrogen-bond acceptors (Lipinski definition) is 4.